The molecule has 0 saturated carbocycles. The van der Waals surface area contributed by atoms with Crippen LogP contribution in [0.4, 0.5) is 0 Å². The van der Waals surface area contributed by atoms with Crippen molar-refractivity contribution in [2.45, 2.75) is 46.3 Å². The van der Waals surface area contributed by atoms with Crippen molar-refractivity contribution in [2.75, 3.05) is 13.7 Å². The summed E-state index contributed by atoms with van der Waals surface area (Å²) in [6, 6.07) is 8.04. The zero-order valence-electron chi connectivity index (χ0n) is 16.3. The molecule has 0 saturated heterocycles. The number of aromatic nitrogens is 4. The molecule has 3 heterocycles. The van der Waals surface area contributed by atoms with E-state index in [0.717, 1.165) is 61.9 Å². The Hall–Kier alpha value is -2.60. The molecule has 4 rings (SSSR count). The van der Waals surface area contributed by atoms with Crippen LogP contribution in [0.15, 0.2) is 30.5 Å². The molecule has 0 radical (unpaired) electrons. The minimum absolute atomic E-state index is 0.850. The Balaban J connectivity index is 1.49. The lowest BCUT2D eigenvalue weighted by atomic mass is 10.1. The van der Waals surface area contributed by atoms with Gasteiger partial charge in [-0.2, -0.15) is 5.10 Å². The Kier molecular flexibility index (Phi) is 4.99. The van der Waals surface area contributed by atoms with Crippen molar-refractivity contribution in [3.8, 4) is 17.1 Å². The van der Waals surface area contributed by atoms with Crippen LogP contribution in [0.2, 0.25) is 0 Å². The molecule has 0 aliphatic carbocycles. The van der Waals surface area contributed by atoms with Crippen LogP contribution in [0.1, 0.15) is 36.0 Å². The molecule has 142 valence electrons. The Morgan fingerprint density at radius 2 is 2.19 bits per heavy atom. The Labute approximate surface area is 160 Å². The molecule has 6 heteroatoms. The van der Waals surface area contributed by atoms with Gasteiger partial charge in [-0.1, -0.05) is 19.1 Å². The number of H-pyrrole nitrogens is 1. The van der Waals surface area contributed by atoms with Gasteiger partial charge in [0.2, 0.25) is 0 Å². The van der Waals surface area contributed by atoms with Gasteiger partial charge in [0.1, 0.15) is 11.6 Å². The minimum atomic E-state index is 0.850. The van der Waals surface area contributed by atoms with Gasteiger partial charge in [0.25, 0.3) is 0 Å². The Bertz CT molecular complexity index is 927. The van der Waals surface area contributed by atoms with Crippen LogP contribution in [0.5, 0.6) is 5.75 Å². The van der Waals surface area contributed by atoms with E-state index in [1.807, 2.05) is 18.2 Å². The predicted molar refractivity (Wildman–Crippen MR) is 106 cm³/mol. The van der Waals surface area contributed by atoms with Gasteiger partial charge in [0.15, 0.2) is 0 Å². The summed E-state index contributed by atoms with van der Waals surface area (Å²) < 4.78 is 7.40. The quantitative estimate of drug-likeness (QED) is 0.726. The minimum Gasteiger partial charge on any atom is -0.497 e. The van der Waals surface area contributed by atoms with Crippen molar-refractivity contribution in [3.63, 3.8) is 0 Å². The van der Waals surface area contributed by atoms with Gasteiger partial charge in [0.05, 0.1) is 24.2 Å². The third-order valence-corrected chi connectivity index (χ3v) is 5.15. The number of hydrogen-bond acceptors (Lipinski definition) is 4. The fourth-order valence-electron chi connectivity index (χ4n) is 3.69. The maximum Gasteiger partial charge on any atom is 0.137 e. The Morgan fingerprint density at radius 3 is 3.00 bits per heavy atom. The fourth-order valence-corrected chi connectivity index (χ4v) is 3.69. The number of hydrogen-bond donors (Lipinski definition) is 1. The molecule has 0 spiro atoms. The average molecular weight is 365 g/mol. The highest BCUT2D eigenvalue weighted by atomic mass is 16.5. The van der Waals surface area contributed by atoms with E-state index >= 15 is 0 Å². The largest absolute Gasteiger partial charge is 0.497 e. The summed E-state index contributed by atoms with van der Waals surface area (Å²) in [5.74, 6) is 1.77. The van der Waals surface area contributed by atoms with Gasteiger partial charge in [-0.3, -0.25) is 9.58 Å². The van der Waals surface area contributed by atoms with Crippen LogP contribution < -0.4 is 4.74 Å². The molecular formula is C21H27N5O. The van der Waals surface area contributed by atoms with Gasteiger partial charge in [-0.05, 0) is 25.5 Å². The maximum absolute atomic E-state index is 5.33. The first-order valence-corrected chi connectivity index (χ1v) is 9.63. The predicted octanol–water partition coefficient (Wildman–Crippen LogP) is 3.56. The van der Waals surface area contributed by atoms with Crippen LogP contribution in [-0.4, -0.2) is 38.3 Å². The number of rotatable bonds is 6. The van der Waals surface area contributed by atoms with Crippen molar-refractivity contribution in [3.05, 3.63) is 53.1 Å². The van der Waals surface area contributed by atoms with E-state index in [9.17, 15) is 0 Å². The van der Waals surface area contributed by atoms with Crippen LogP contribution in [0.25, 0.3) is 11.4 Å². The summed E-state index contributed by atoms with van der Waals surface area (Å²) in [4.78, 5) is 10.8. The van der Waals surface area contributed by atoms with Crippen LogP contribution >= 0.6 is 0 Å². The third-order valence-electron chi connectivity index (χ3n) is 5.15. The van der Waals surface area contributed by atoms with Crippen molar-refractivity contribution in [1.82, 2.24) is 24.6 Å². The van der Waals surface area contributed by atoms with Gasteiger partial charge in [0, 0.05) is 49.9 Å². The van der Waals surface area contributed by atoms with E-state index in [0.29, 0.717) is 0 Å². The monoisotopic (exact) mass is 365 g/mol. The first-order valence-electron chi connectivity index (χ1n) is 9.63. The summed E-state index contributed by atoms with van der Waals surface area (Å²) >= 11 is 0. The van der Waals surface area contributed by atoms with E-state index in [4.69, 9.17) is 9.72 Å². The zero-order chi connectivity index (χ0) is 18.8. The summed E-state index contributed by atoms with van der Waals surface area (Å²) in [7, 11) is 1.69. The first-order chi connectivity index (χ1) is 13.2. The number of aryl methyl sites for hydroxylation is 2. The van der Waals surface area contributed by atoms with E-state index in [1.165, 1.54) is 17.0 Å². The molecule has 0 atom stereocenters. The van der Waals surface area contributed by atoms with Gasteiger partial charge >= 0.3 is 0 Å². The summed E-state index contributed by atoms with van der Waals surface area (Å²) in [5, 5.41) is 4.63. The molecule has 0 fully saturated rings. The van der Waals surface area contributed by atoms with Crippen LogP contribution in [-0.2, 0) is 26.1 Å². The molecule has 3 aromatic rings. The number of methoxy groups -OCH3 is 1. The topological polar surface area (TPSA) is 59.0 Å². The molecule has 0 amide bonds. The van der Waals surface area contributed by atoms with Gasteiger partial charge in [-0.25, -0.2) is 4.98 Å². The number of aromatic amines is 1. The standard InChI is InChI=1S/C21H27N5O/c1-4-9-26-13-17(15(2)24-26)12-25-10-8-19-20(14-25)23-21(22-19)16-6-5-7-18(11-16)27-3/h5-7,11,13H,4,8-10,12,14H2,1-3H3,(H,22,23). The van der Waals surface area contributed by atoms with Crippen LogP contribution in [0, 0.1) is 6.92 Å². The summed E-state index contributed by atoms with van der Waals surface area (Å²) in [6.07, 6.45) is 4.27. The van der Waals surface area contributed by atoms with Crippen molar-refractivity contribution >= 4 is 0 Å². The summed E-state index contributed by atoms with van der Waals surface area (Å²) in [5.41, 5.74) is 5.92. The number of benzene rings is 1. The van der Waals surface area contributed by atoms with Gasteiger partial charge < -0.3 is 9.72 Å². The van der Waals surface area contributed by atoms with Crippen LogP contribution in [0.3, 0.4) is 0 Å². The highest BCUT2D eigenvalue weighted by Crippen LogP contribution is 2.26. The molecule has 1 N–H and O–H groups in total. The SMILES string of the molecule is CCCn1cc(CN2CCc3nc(-c4cccc(OC)c4)[nH]c3C2)c(C)n1. The molecule has 0 unspecified atom stereocenters. The lowest BCUT2D eigenvalue weighted by Crippen LogP contribution is -2.30. The van der Waals surface area contributed by atoms with E-state index in [1.54, 1.807) is 7.11 Å². The molecular weight excluding hydrogens is 338 g/mol. The molecule has 1 aliphatic heterocycles. The maximum atomic E-state index is 5.33. The molecule has 27 heavy (non-hydrogen) atoms. The fraction of sp³-hybridized carbons (Fsp3) is 0.429. The van der Waals surface area contributed by atoms with Gasteiger partial charge in [-0.15, -0.1) is 0 Å². The lowest BCUT2D eigenvalue weighted by Gasteiger charge is -2.25. The number of ether oxygens (including phenoxy) is 1. The number of fused-ring (bicyclic) bond motifs is 1. The van der Waals surface area contributed by atoms with Crippen molar-refractivity contribution < 1.29 is 4.74 Å². The van der Waals surface area contributed by atoms with E-state index < -0.39 is 0 Å². The lowest BCUT2D eigenvalue weighted by molar-refractivity contribution is 0.241. The third kappa shape index (κ3) is 3.76. The second-order valence-electron chi connectivity index (χ2n) is 7.21. The normalized spacial score (nSPS) is 14.3. The summed E-state index contributed by atoms with van der Waals surface area (Å²) in [6.45, 7) is 8.12. The average Bonchev–Trinajstić information content (AvgIpc) is 3.25. The molecule has 6 nitrogen and oxygen atoms in total. The highest BCUT2D eigenvalue weighted by molar-refractivity contribution is 5.58. The highest BCUT2D eigenvalue weighted by Gasteiger charge is 2.22. The Morgan fingerprint density at radius 1 is 1.30 bits per heavy atom. The van der Waals surface area contributed by atoms with E-state index in [-0.39, 0.29) is 0 Å². The number of imidazole rings is 1. The van der Waals surface area contributed by atoms with Crippen molar-refractivity contribution in [2.24, 2.45) is 0 Å². The second kappa shape index (κ2) is 7.56. The van der Waals surface area contributed by atoms with E-state index in [2.05, 4.69) is 45.8 Å². The zero-order valence-corrected chi connectivity index (χ0v) is 16.3. The first kappa shape index (κ1) is 17.8. The van der Waals surface area contributed by atoms with Crippen molar-refractivity contribution in [1.29, 1.82) is 0 Å². The number of nitrogens with one attached hydrogen (secondary N) is 1. The number of nitrogens with zero attached hydrogens (tertiary/aromatic N) is 4. The molecule has 2 aromatic heterocycles. The second-order valence-corrected chi connectivity index (χ2v) is 7.21. The molecule has 1 aliphatic rings. The molecule has 1 aromatic carbocycles. The molecule has 0 bridgehead atoms. The smallest absolute Gasteiger partial charge is 0.137 e.